The molecule has 0 saturated heterocycles. The second-order valence-corrected chi connectivity index (χ2v) is 3.11. The Hall–Kier alpha value is 0.210. The van der Waals surface area contributed by atoms with Crippen molar-refractivity contribution in [2.75, 3.05) is 0 Å². The maximum atomic E-state index is 4.32. The van der Waals surface area contributed by atoms with E-state index in [1.165, 1.54) is 0 Å². The molecule has 0 rings (SSSR count). The van der Waals surface area contributed by atoms with Gasteiger partial charge in [0.1, 0.15) is 0 Å². The van der Waals surface area contributed by atoms with Gasteiger partial charge in [0.05, 0.1) is 5.84 Å². The summed E-state index contributed by atoms with van der Waals surface area (Å²) in [6, 6.07) is 0.883. The van der Waals surface area contributed by atoms with Crippen LogP contribution in [-0.4, -0.2) is 17.9 Å². The van der Waals surface area contributed by atoms with Gasteiger partial charge in [-0.3, -0.25) is 4.99 Å². The van der Waals surface area contributed by atoms with E-state index in [4.69, 9.17) is 0 Å². The molecular formula is C8H18AgN2+. The van der Waals surface area contributed by atoms with E-state index in [0.29, 0.717) is 12.1 Å². The summed E-state index contributed by atoms with van der Waals surface area (Å²) in [7, 11) is 0. The van der Waals surface area contributed by atoms with Crippen LogP contribution in [0.5, 0.6) is 0 Å². The summed E-state index contributed by atoms with van der Waals surface area (Å²) in [6.45, 7) is 10.4. The van der Waals surface area contributed by atoms with Crippen molar-refractivity contribution in [3.63, 3.8) is 0 Å². The number of hydrogen-bond donors (Lipinski definition) is 1. The van der Waals surface area contributed by atoms with Gasteiger partial charge in [0, 0.05) is 12.1 Å². The maximum Gasteiger partial charge on any atom is 1.00 e. The Kier molecular flexibility index (Phi) is 8.63. The van der Waals surface area contributed by atoms with E-state index in [9.17, 15) is 0 Å². The molecule has 0 aliphatic carbocycles. The molecule has 70 valence electrons. The van der Waals surface area contributed by atoms with Gasteiger partial charge in [-0.05, 0) is 34.6 Å². The van der Waals surface area contributed by atoms with Crippen molar-refractivity contribution in [2.45, 2.75) is 46.7 Å². The molecule has 0 heterocycles. The van der Waals surface area contributed by atoms with Crippen LogP contribution in [-0.2, 0) is 22.4 Å². The third-order valence-electron chi connectivity index (χ3n) is 0.949. The molecule has 0 spiro atoms. The van der Waals surface area contributed by atoms with Crippen LogP contribution in [0.2, 0.25) is 0 Å². The van der Waals surface area contributed by atoms with Gasteiger partial charge in [0.25, 0.3) is 0 Å². The Morgan fingerprint density at radius 3 is 1.91 bits per heavy atom. The fourth-order valence-electron chi connectivity index (χ4n) is 0.842. The standard InChI is InChI=1S/C8H18N2.Ag/c1-6(2)9-8(5)10-7(3)4;/h6-7H,1-5H3,(H,9,10);/q;+1. The molecule has 0 aromatic rings. The molecule has 0 radical (unpaired) electrons. The fourth-order valence-corrected chi connectivity index (χ4v) is 0.842. The molecule has 0 saturated carbocycles. The minimum Gasteiger partial charge on any atom is -0.372 e. The second-order valence-electron chi connectivity index (χ2n) is 3.11. The third kappa shape index (κ3) is 10.2. The Morgan fingerprint density at radius 2 is 1.64 bits per heavy atom. The van der Waals surface area contributed by atoms with Gasteiger partial charge in [-0.15, -0.1) is 0 Å². The summed E-state index contributed by atoms with van der Waals surface area (Å²) in [6.07, 6.45) is 0. The zero-order valence-electron chi connectivity index (χ0n) is 7.90. The molecule has 3 heteroatoms. The van der Waals surface area contributed by atoms with E-state index in [0.717, 1.165) is 5.84 Å². The fraction of sp³-hybridized carbons (Fsp3) is 0.875. The predicted octanol–water partition coefficient (Wildman–Crippen LogP) is 1.81. The molecule has 0 bridgehead atoms. The van der Waals surface area contributed by atoms with Crippen molar-refractivity contribution < 1.29 is 22.4 Å². The van der Waals surface area contributed by atoms with Crippen molar-refractivity contribution in [1.29, 1.82) is 0 Å². The number of nitrogens with zero attached hydrogens (tertiary/aromatic N) is 1. The second kappa shape index (κ2) is 6.89. The van der Waals surface area contributed by atoms with Crippen LogP contribution in [0.4, 0.5) is 0 Å². The number of hydrogen-bond acceptors (Lipinski definition) is 1. The van der Waals surface area contributed by atoms with E-state index in [2.05, 4.69) is 38.0 Å². The predicted molar refractivity (Wildman–Crippen MR) is 46.5 cm³/mol. The Morgan fingerprint density at radius 1 is 1.18 bits per heavy atom. The van der Waals surface area contributed by atoms with Crippen LogP contribution in [0.3, 0.4) is 0 Å². The van der Waals surface area contributed by atoms with Crippen molar-refractivity contribution in [3.05, 3.63) is 0 Å². The van der Waals surface area contributed by atoms with Crippen LogP contribution in [0.15, 0.2) is 4.99 Å². The number of aliphatic imine (C=N–C) groups is 1. The number of rotatable bonds is 2. The van der Waals surface area contributed by atoms with Crippen LogP contribution < -0.4 is 5.32 Å². The normalized spacial score (nSPS) is 11.7. The summed E-state index contributed by atoms with van der Waals surface area (Å²) >= 11 is 0. The van der Waals surface area contributed by atoms with E-state index in [1.54, 1.807) is 0 Å². The molecule has 0 amide bonds. The molecule has 0 unspecified atom stereocenters. The minimum absolute atomic E-state index is 0. The number of amidine groups is 1. The zero-order valence-corrected chi connectivity index (χ0v) is 9.39. The molecule has 0 fully saturated rings. The van der Waals surface area contributed by atoms with E-state index < -0.39 is 0 Å². The maximum absolute atomic E-state index is 4.32. The van der Waals surface area contributed by atoms with Gasteiger partial charge in [0.2, 0.25) is 0 Å². The Bertz CT molecular complexity index is 119. The summed E-state index contributed by atoms with van der Waals surface area (Å²) in [4.78, 5) is 4.32. The quantitative estimate of drug-likeness (QED) is 0.451. The molecule has 2 nitrogen and oxygen atoms in total. The van der Waals surface area contributed by atoms with Crippen LogP contribution in [0, 0.1) is 0 Å². The van der Waals surface area contributed by atoms with Crippen molar-refractivity contribution in [3.8, 4) is 0 Å². The number of nitrogens with one attached hydrogen (secondary N) is 1. The van der Waals surface area contributed by atoms with Gasteiger partial charge in [-0.25, -0.2) is 0 Å². The van der Waals surface area contributed by atoms with Crippen LogP contribution in [0.1, 0.15) is 34.6 Å². The van der Waals surface area contributed by atoms with Gasteiger partial charge in [-0.2, -0.15) is 0 Å². The van der Waals surface area contributed by atoms with Gasteiger partial charge >= 0.3 is 22.4 Å². The largest absolute Gasteiger partial charge is 1.00 e. The molecule has 1 N–H and O–H groups in total. The Balaban J connectivity index is 0. The first-order valence-corrected chi connectivity index (χ1v) is 3.83. The molecule has 0 aromatic carbocycles. The van der Waals surface area contributed by atoms with Crippen molar-refractivity contribution >= 4 is 5.84 Å². The average molecular weight is 250 g/mol. The average Bonchev–Trinajstić information content (AvgIpc) is 1.58. The van der Waals surface area contributed by atoms with Crippen LogP contribution >= 0.6 is 0 Å². The Labute approximate surface area is 85.4 Å². The zero-order chi connectivity index (χ0) is 8.15. The monoisotopic (exact) mass is 249 g/mol. The van der Waals surface area contributed by atoms with Crippen molar-refractivity contribution in [1.82, 2.24) is 5.32 Å². The molecular weight excluding hydrogens is 232 g/mol. The topological polar surface area (TPSA) is 24.4 Å². The summed E-state index contributed by atoms with van der Waals surface area (Å²) in [5, 5.41) is 3.22. The first kappa shape index (κ1) is 13.8. The van der Waals surface area contributed by atoms with Gasteiger partial charge in [0.15, 0.2) is 0 Å². The van der Waals surface area contributed by atoms with E-state index in [1.807, 2.05) is 6.92 Å². The van der Waals surface area contributed by atoms with E-state index >= 15 is 0 Å². The van der Waals surface area contributed by atoms with Gasteiger partial charge in [-0.1, -0.05) is 0 Å². The molecule has 0 aliphatic heterocycles. The van der Waals surface area contributed by atoms with Gasteiger partial charge < -0.3 is 5.32 Å². The third-order valence-corrected chi connectivity index (χ3v) is 0.949. The summed E-state index contributed by atoms with van der Waals surface area (Å²) in [5.41, 5.74) is 0. The SMILES string of the molecule is CC(=NC(C)C)NC(C)C.[Ag+]. The minimum atomic E-state index is 0. The van der Waals surface area contributed by atoms with Crippen LogP contribution in [0.25, 0.3) is 0 Å². The molecule has 11 heavy (non-hydrogen) atoms. The smallest absolute Gasteiger partial charge is 0.372 e. The summed E-state index contributed by atoms with van der Waals surface area (Å²) in [5.74, 6) is 1.03. The first-order chi connectivity index (χ1) is 4.52. The van der Waals surface area contributed by atoms with E-state index in [-0.39, 0.29) is 22.4 Å². The van der Waals surface area contributed by atoms with Crippen molar-refractivity contribution in [2.24, 2.45) is 4.99 Å². The first-order valence-electron chi connectivity index (χ1n) is 3.83. The summed E-state index contributed by atoms with van der Waals surface area (Å²) < 4.78 is 0. The molecule has 0 aromatic heterocycles. The molecule has 0 aliphatic rings. The molecule has 0 atom stereocenters.